The third-order valence-electron chi connectivity index (χ3n) is 2.88. The van der Waals surface area contributed by atoms with Crippen LogP contribution in [-0.2, 0) is 4.79 Å². The molecule has 0 aromatic heterocycles. The van der Waals surface area contributed by atoms with Crippen LogP contribution in [-0.4, -0.2) is 25.0 Å². The van der Waals surface area contributed by atoms with Gasteiger partial charge in [0.15, 0.2) is 0 Å². The van der Waals surface area contributed by atoms with E-state index >= 15 is 0 Å². The summed E-state index contributed by atoms with van der Waals surface area (Å²) in [5.41, 5.74) is 1.88. The molecular weight excluding hydrogens is 280 g/mol. The lowest BCUT2D eigenvalue weighted by Gasteiger charge is -2.42. The van der Waals surface area contributed by atoms with Gasteiger partial charge in [0, 0.05) is 17.1 Å². The fraction of sp³-hybridized carbons (Fsp3) is 0.462. The molecule has 0 unspecified atom stereocenters. The number of nitrogens with zero attached hydrogens (tertiary/aromatic N) is 2. The summed E-state index contributed by atoms with van der Waals surface area (Å²) in [6, 6.07) is 6.03. The number of hydrogen-bond donors (Lipinski definition) is 0. The predicted octanol–water partition coefficient (Wildman–Crippen LogP) is 3.03. The number of rotatable bonds is 0. The minimum absolute atomic E-state index is 0.148. The minimum Gasteiger partial charge on any atom is -0.364 e. The number of anilines is 2. The van der Waals surface area contributed by atoms with Gasteiger partial charge in [0.25, 0.3) is 0 Å². The third kappa shape index (κ3) is 2.18. The maximum absolute atomic E-state index is 12.2. The summed E-state index contributed by atoms with van der Waals surface area (Å²) in [6.07, 6.45) is 0. The molecule has 1 aliphatic rings. The van der Waals surface area contributed by atoms with Crippen molar-refractivity contribution in [1.29, 1.82) is 0 Å². The number of benzene rings is 1. The SMILES string of the molecule is CN1CC(=O)N(C(C)(C)C)c2ccc(Br)cc21. The zero-order chi connectivity index (χ0) is 12.8. The topological polar surface area (TPSA) is 23.6 Å². The molecule has 0 atom stereocenters. The maximum Gasteiger partial charge on any atom is 0.247 e. The predicted molar refractivity (Wildman–Crippen MR) is 74.7 cm³/mol. The smallest absolute Gasteiger partial charge is 0.247 e. The Morgan fingerprint density at radius 2 is 1.88 bits per heavy atom. The lowest BCUT2D eigenvalue weighted by atomic mass is 10.0. The zero-order valence-electron chi connectivity index (χ0n) is 10.6. The Kier molecular flexibility index (Phi) is 2.94. The van der Waals surface area contributed by atoms with Gasteiger partial charge < -0.3 is 9.80 Å². The van der Waals surface area contributed by atoms with Crippen LogP contribution in [0.15, 0.2) is 22.7 Å². The molecule has 0 saturated heterocycles. The molecule has 0 aliphatic carbocycles. The Balaban J connectivity index is 2.59. The Bertz CT molecular complexity index is 465. The molecular formula is C13H17BrN2O. The summed E-state index contributed by atoms with van der Waals surface area (Å²) >= 11 is 3.47. The van der Waals surface area contributed by atoms with Crippen LogP contribution in [0.2, 0.25) is 0 Å². The second kappa shape index (κ2) is 4.02. The molecule has 92 valence electrons. The van der Waals surface area contributed by atoms with Gasteiger partial charge >= 0.3 is 0 Å². The normalized spacial score (nSPS) is 16.2. The molecule has 17 heavy (non-hydrogen) atoms. The molecule has 1 heterocycles. The van der Waals surface area contributed by atoms with Gasteiger partial charge in [-0.25, -0.2) is 0 Å². The van der Waals surface area contributed by atoms with Crippen LogP contribution in [0.4, 0.5) is 11.4 Å². The molecule has 0 N–H and O–H groups in total. The number of carbonyl (C=O) groups is 1. The molecule has 0 radical (unpaired) electrons. The average Bonchev–Trinajstić information content (AvgIpc) is 2.17. The van der Waals surface area contributed by atoms with E-state index in [2.05, 4.69) is 42.8 Å². The van der Waals surface area contributed by atoms with Crippen molar-refractivity contribution in [3.63, 3.8) is 0 Å². The van der Waals surface area contributed by atoms with E-state index in [1.54, 1.807) is 0 Å². The number of carbonyl (C=O) groups excluding carboxylic acids is 1. The van der Waals surface area contributed by atoms with Gasteiger partial charge in [-0.1, -0.05) is 15.9 Å². The van der Waals surface area contributed by atoms with Crippen LogP contribution in [0.5, 0.6) is 0 Å². The van der Waals surface area contributed by atoms with Crippen LogP contribution in [0.1, 0.15) is 20.8 Å². The quantitative estimate of drug-likeness (QED) is 0.735. The number of likely N-dealkylation sites (N-methyl/N-ethyl adjacent to an activating group) is 1. The van der Waals surface area contributed by atoms with Crippen LogP contribution in [0, 0.1) is 0 Å². The molecule has 1 aromatic carbocycles. The van der Waals surface area contributed by atoms with E-state index in [9.17, 15) is 4.79 Å². The van der Waals surface area contributed by atoms with Crippen LogP contribution in [0.25, 0.3) is 0 Å². The summed E-state index contributed by atoms with van der Waals surface area (Å²) in [4.78, 5) is 16.0. The van der Waals surface area contributed by atoms with E-state index in [0.717, 1.165) is 15.8 Å². The highest BCUT2D eigenvalue weighted by atomic mass is 79.9. The monoisotopic (exact) mass is 296 g/mol. The summed E-state index contributed by atoms with van der Waals surface area (Å²) in [5.74, 6) is 0.148. The van der Waals surface area contributed by atoms with Crippen molar-refractivity contribution in [2.45, 2.75) is 26.3 Å². The van der Waals surface area contributed by atoms with E-state index < -0.39 is 0 Å². The zero-order valence-corrected chi connectivity index (χ0v) is 12.2. The first kappa shape index (κ1) is 12.4. The summed E-state index contributed by atoms with van der Waals surface area (Å²) in [5, 5.41) is 0. The Hall–Kier alpha value is -1.03. The van der Waals surface area contributed by atoms with E-state index in [-0.39, 0.29) is 11.4 Å². The van der Waals surface area contributed by atoms with Crippen molar-refractivity contribution in [2.24, 2.45) is 0 Å². The molecule has 1 aromatic rings. The Morgan fingerprint density at radius 3 is 2.47 bits per heavy atom. The fourth-order valence-corrected chi connectivity index (χ4v) is 2.57. The van der Waals surface area contributed by atoms with E-state index in [4.69, 9.17) is 0 Å². The third-order valence-corrected chi connectivity index (χ3v) is 3.38. The van der Waals surface area contributed by atoms with Crippen LogP contribution in [0.3, 0.4) is 0 Å². The molecule has 3 nitrogen and oxygen atoms in total. The van der Waals surface area contributed by atoms with E-state index in [0.29, 0.717) is 6.54 Å². The van der Waals surface area contributed by atoms with Crippen molar-refractivity contribution in [3.8, 4) is 0 Å². The summed E-state index contributed by atoms with van der Waals surface area (Å²) in [6.45, 7) is 6.60. The van der Waals surface area contributed by atoms with Crippen LogP contribution >= 0.6 is 15.9 Å². The number of halogens is 1. The van der Waals surface area contributed by atoms with Crippen molar-refractivity contribution < 1.29 is 4.79 Å². The highest BCUT2D eigenvalue weighted by Crippen LogP contribution is 2.38. The van der Waals surface area contributed by atoms with E-state index in [1.807, 2.05) is 29.0 Å². The summed E-state index contributed by atoms with van der Waals surface area (Å²) < 4.78 is 1.03. The molecule has 0 fully saturated rings. The molecule has 4 heteroatoms. The molecule has 0 saturated carbocycles. The van der Waals surface area contributed by atoms with Crippen molar-refractivity contribution >= 4 is 33.2 Å². The molecule has 2 rings (SSSR count). The average molecular weight is 297 g/mol. The first-order valence-electron chi connectivity index (χ1n) is 5.64. The van der Waals surface area contributed by atoms with Crippen molar-refractivity contribution in [2.75, 3.05) is 23.4 Å². The first-order chi connectivity index (χ1) is 7.80. The van der Waals surface area contributed by atoms with Crippen LogP contribution < -0.4 is 9.80 Å². The second-order valence-corrected chi connectivity index (χ2v) is 6.30. The highest BCUT2D eigenvalue weighted by molar-refractivity contribution is 9.10. The number of amides is 1. The molecule has 0 spiro atoms. The Morgan fingerprint density at radius 1 is 1.24 bits per heavy atom. The molecule has 0 bridgehead atoms. The van der Waals surface area contributed by atoms with Gasteiger partial charge in [-0.05, 0) is 39.0 Å². The van der Waals surface area contributed by atoms with Crippen molar-refractivity contribution in [3.05, 3.63) is 22.7 Å². The Labute approximate surface area is 111 Å². The molecule has 1 aliphatic heterocycles. The summed E-state index contributed by atoms with van der Waals surface area (Å²) in [7, 11) is 1.95. The van der Waals surface area contributed by atoms with Gasteiger partial charge in [0.2, 0.25) is 5.91 Å². The lowest BCUT2D eigenvalue weighted by Crippen LogP contribution is -2.53. The number of fused-ring (bicyclic) bond motifs is 1. The van der Waals surface area contributed by atoms with Gasteiger partial charge in [-0.3, -0.25) is 4.79 Å². The molecule has 1 amide bonds. The largest absolute Gasteiger partial charge is 0.364 e. The fourth-order valence-electron chi connectivity index (χ4n) is 2.22. The second-order valence-electron chi connectivity index (χ2n) is 5.39. The minimum atomic E-state index is -0.194. The van der Waals surface area contributed by atoms with Crippen molar-refractivity contribution in [1.82, 2.24) is 0 Å². The lowest BCUT2D eigenvalue weighted by molar-refractivity contribution is -0.118. The van der Waals surface area contributed by atoms with E-state index in [1.165, 1.54) is 0 Å². The van der Waals surface area contributed by atoms with Gasteiger partial charge in [-0.15, -0.1) is 0 Å². The first-order valence-corrected chi connectivity index (χ1v) is 6.44. The maximum atomic E-state index is 12.2. The number of hydrogen-bond acceptors (Lipinski definition) is 2. The van der Waals surface area contributed by atoms with Gasteiger partial charge in [0.05, 0.1) is 17.9 Å². The highest BCUT2D eigenvalue weighted by Gasteiger charge is 2.34. The van der Waals surface area contributed by atoms with Gasteiger partial charge in [-0.2, -0.15) is 0 Å². The standard InChI is InChI=1S/C13H17BrN2O/c1-13(2,3)16-10-6-5-9(14)7-11(10)15(4)8-12(16)17/h5-7H,8H2,1-4H3. The van der Waals surface area contributed by atoms with Gasteiger partial charge in [0.1, 0.15) is 0 Å².